The van der Waals surface area contributed by atoms with Gasteiger partial charge in [-0.2, -0.15) is 0 Å². The highest BCUT2D eigenvalue weighted by molar-refractivity contribution is 7.92. The van der Waals surface area contributed by atoms with Gasteiger partial charge in [-0.05, 0) is 29.7 Å². The molecule has 0 fully saturated rings. The Kier molecular flexibility index (Phi) is 3.80. The maximum Gasteiger partial charge on any atom is 0.229 e. The van der Waals surface area contributed by atoms with Crippen LogP contribution in [-0.4, -0.2) is 32.0 Å². The summed E-state index contributed by atoms with van der Waals surface area (Å²) in [6.07, 6.45) is 2.44. The van der Waals surface area contributed by atoms with Crippen molar-refractivity contribution in [2.45, 2.75) is 26.3 Å². The maximum absolute atomic E-state index is 11.7. The number of amides is 1. The van der Waals surface area contributed by atoms with Crippen LogP contribution in [0.3, 0.4) is 0 Å². The lowest BCUT2D eigenvalue weighted by molar-refractivity contribution is -0.131. The Balaban J connectivity index is 2.22. The summed E-state index contributed by atoms with van der Waals surface area (Å²) < 4.78 is 24.9. The fourth-order valence-corrected chi connectivity index (χ4v) is 2.83. The van der Waals surface area contributed by atoms with Crippen molar-refractivity contribution in [3.63, 3.8) is 0 Å². The van der Waals surface area contributed by atoms with Gasteiger partial charge in [0.15, 0.2) is 0 Å². The first-order chi connectivity index (χ1) is 8.89. The zero-order valence-electron chi connectivity index (χ0n) is 11.1. The van der Waals surface area contributed by atoms with Crippen molar-refractivity contribution in [2.75, 3.05) is 17.5 Å². The molecule has 0 saturated carbocycles. The van der Waals surface area contributed by atoms with Crippen LogP contribution in [0.2, 0.25) is 0 Å². The summed E-state index contributed by atoms with van der Waals surface area (Å²) in [6, 6.07) is 5.50. The quantitative estimate of drug-likeness (QED) is 0.910. The van der Waals surface area contributed by atoms with E-state index < -0.39 is 10.0 Å². The second-order valence-electron chi connectivity index (χ2n) is 4.78. The Morgan fingerprint density at radius 1 is 1.37 bits per heavy atom. The summed E-state index contributed by atoms with van der Waals surface area (Å²) in [5, 5.41) is 0. The topological polar surface area (TPSA) is 66.5 Å². The van der Waals surface area contributed by atoms with Gasteiger partial charge in [0.25, 0.3) is 0 Å². The Bertz CT molecular complexity index is 596. The van der Waals surface area contributed by atoms with Gasteiger partial charge < -0.3 is 4.90 Å². The smallest absolute Gasteiger partial charge is 0.229 e. The molecule has 1 heterocycles. The minimum atomic E-state index is -3.27. The Hall–Kier alpha value is -1.56. The molecule has 0 bridgehead atoms. The molecule has 104 valence electrons. The van der Waals surface area contributed by atoms with Crippen LogP contribution >= 0.6 is 0 Å². The average molecular weight is 282 g/mol. The highest BCUT2D eigenvalue weighted by atomic mass is 32.2. The van der Waals surface area contributed by atoms with Gasteiger partial charge >= 0.3 is 0 Å². The molecule has 1 N–H and O–H groups in total. The van der Waals surface area contributed by atoms with Crippen molar-refractivity contribution in [3.8, 4) is 0 Å². The van der Waals surface area contributed by atoms with E-state index in [2.05, 4.69) is 4.72 Å². The lowest BCUT2D eigenvalue weighted by Crippen LogP contribution is -2.35. The lowest BCUT2D eigenvalue weighted by Gasteiger charge is -2.29. The molecule has 19 heavy (non-hydrogen) atoms. The van der Waals surface area contributed by atoms with Gasteiger partial charge in [0, 0.05) is 25.2 Å². The molecule has 5 nitrogen and oxygen atoms in total. The number of hydrogen-bond acceptors (Lipinski definition) is 3. The lowest BCUT2D eigenvalue weighted by atomic mass is 9.99. The number of fused-ring (bicyclic) bond motifs is 1. The number of carbonyl (C=O) groups excluding carboxylic acids is 1. The molecule has 0 spiro atoms. The fraction of sp³-hybridized carbons (Fsp3) is 0.462. The summed E-state index contributed by atoms with van der Waals surface area (Å²) in [5.74, 6) is 0.132. The summed E-state index contributed by atoms with van der Waals surface area (Å²) in [7, 11) is -3.27. The van der Waals surface area contributed by atoms with E-state index in [0.717, 1.165) is 24.8 Å². The molecule has 0 radical (unpaired) electrons. The monoisotopic (exact) mass is 282 g/mol. The first-order valence-corrected chi connectivity index (χ1v) is 8.15. The summed E-state index contributed by atoms with van der Waals surface area (Å²) >= 11 is 0. The van der Waals surface area contributed by atoms with E-state index in [0.29, 0.717) is 18.7 Å². The predicted octanol–water partition coefficient (Wildman–Crippen LogP) is 1.35. The standard InChI is InChI=1S/C13H18N2O3S/c1-3-13(16)15-7-6-10-4-5-12(8-11(10)9-15)14-19(2,17)18/h4-5,8,14H,3,6-7,9H2,1-2H3. The number of nitrogens with one attached hydrogen (secondary N) is 1. The third-order valence-corrected chi connectivity index (χ3v) is 3.78. The van der Waals surface area contributed by atoms with Gasteiger partial charge in [0.05, 0.1) is 6.26 Å². The Morgan fingerprint density at radius 2 is 2.11 bits per heavy atom. The van der Waals surface area contributed by atoms with E-state index in [-0.39, 0.29) is 5.91 Å². The van der Waals surface area contributed by atoms with Crippen molar-refractivity contribution in [2.24, 2.45) is 0 Å². The highest BCUT2D eigenvalue weighted by Crippen LogP contribution is 2.23. The van der Waals surface area contributed by atoms with Crippen molar-refractivity contribution < 1.29 is 13.2 Å². The molecule has 0 atom stereocenters. The highest BCUT2D eigenvalue weighted by Gasteiger charge is 2.19. The molecule has 2 rings (SSSR count). The van der Waals surface area contributed by atoms with E-state index in [9.17, 15) is 13.2 Å². The first-order valence-electron chi connectivity index (χ1n) is 6.26. The summed E-state index contributed by atoms with van der Waals surface area (Å²) in [4.78, 5) is 13.5. The van der Waals surface area contributed by atoms with Crippen molar-refractivity contribution in [1.82, 2.24) is 4.90 Å². The number of sulfonamides is 1. The van der Waals surface area contributed by atoms with Gasteiger partial charge in [-0.25, -0.2) is 8.42 Å². The average Bonchev–Trinajstić information content (AvgIpc) is 2.35. The van der Waals surface area contributed by atoms with Crippen molar-refractivity contribution in [3.05, 3.63) is 29.3 Å². The van der Waals surface area contributed by atoms with Gasteiger partial charge in [0.2, 0.25) is 15.9 Å². The number of hydrogen-bond donors (Lipinski definition) is 1. The zero-order valence-corrected chi connectivity index (χ0v) is 12.0. The fourth-order valence-electron chi connectivity index (χ4n) is 2.27. The summed E-state index contributed by atoms with van der Waals surface area (Å²) in [6.45, 7) is 3.14. The normalized spacial score (nSPS) is 14.9. The van der Waals surface area contributed by atoms with Gasteiger partial charge in [0.1, 0.15) is 0 Å². The number of rotatable bonds is 3. The minimum Gasteiger partial charge on any atom is -0.338 e. The summed E-state index contributed by atoms with van der Waals surface area (Å²) in [5.41, 5.74) is 2.74. The number of benzene rings is 1. The molecule has 0 saturated heterocycles. The van der Waals surface area contributed by atoms with Gasteiger partial charge in [-0.3, -0.25) is 9.52 Å². The number of nitrogens with zero attached hydrogens (tertiary/aromatic N) is 1. The molecule has 1 aromatic carbocycles. The van der Waals surface area contributed by atoms with Crippen LogP contribution in [0.15, 0.2) is 18.2 Å². The maximum atomic E-state index is 11.7. The second-order valence-corrected chi connectivity index (χ2v) is 6.53. The van der Waals surface area contributed by atoms with Crippen LogP contribution in [0, 0.1) is 0 Å². The van der Waals surface area contributed by atoms with E-state index in [1.165, 1.54) is 5.56 Å². The van der Waals surface area contributed by atoms with Crippen molar-refractivity contribution in [1.29, 1.82) is 0 Å². The second kappa shape index (κ2) is 5.21. The van der Waals surface area contributed by atoms with Crippen LogP contribution < -0.4 is 4.72 Å². The van der Waals surface area contributed by atoms with E-state index >= 15 is 0 Å². The Labute approximate surface area is 113 Å². The van der Waals surface area contributed by atoms with Gasteiger partial charge in [-0.1, -0.05) is 13.0 Å². The largest absolute Gasteiger partial charge is 0.338 e. The molecule has 1 aliphatic heterocycles. The third kappa shape index (κ3) is 3.47. The van der Waals surface area contributed by atoms with Gasteiger partial charge in [-0.15, -0.1) is 0 Å². The molecule has 0 aliphatic carbocycles. The molecule has 1 amide bonds. The molecule has 1 aliphatic rings. The molecule has 1 aromatic rings. The minimum absolute atomic E-state index is 0.132. The molecular formula is C13H18N2O3S. The van der Waals surface area contributed by atoms with Crippen molar-refractivity contribution >= 4 is 21.6 Å². The zero-order chi connectivity index (χ0) is 14.0. The first kappa shape index (κ1) is 13.9. The molecule has 6 heteroatoms. The van der Waals surface area contributed by atoms with Crippen LogP contribution in [-0.2, 0) is 27.8 Å². The van der Waals surface area contributed by atoms with E-state index in [1.54, 1.807) is 6.07 Å². The molecular weight excluding hydrogens is 264 g/mol. The predicted molar refractivity (Wildman–Crippen MR) is 74.3 cm³/mol. The number of carbonyl (C=O) groups is 1. The number of anilines is 1. The third-order valence-electron chi connectivity index (χ3n) is 3.18. The van der Waals surface area contributed by atoms with Crippen LogP contribution in [0.1, 0.15) is 24.5 Å². The molecule has 0 aromatic heterocycles. The van der Waals surface area contributed by atoms with Crippen LogP contribution in [0.4, 0.5) is 5.69 Å². The van der Waals surface area contributed by atoms with E-state index in [4.69, 9.17) is 0 Å². The molecule has 0 unspecified atom stereocenters. The SMILES string of the molecule is CCC(=O)N1CCc2ccc(NS(C)(=O)=O)cc2C1. The van der Waals surface area contributed by atoms with E-state index in [1.807, 2.05) is 24.0 Å². The van der Waals surface area contributed by atoms with Crippen LogP contribution in [0.25, 0.3) is 0 Å². The van der Waals surface area contributed by atoms with Crippen LogP contribution in [0.5, 0.6) is 0 Å². The Morgan fingerprint density at radius 3 is 2.74 bits per heavy atom.